The van der Waals surface area contributed by atoms with Gasteiger partial charge in [-0.2, -0.15) is 0 Å². The van der Waals surface area contributed by atoms with Gasteiger partial charge in [0.2, 0.25) is 5.91 Å². The first-order valence-corrected chi connectivity index (χ1v) is 5.48. The van der Waals surface area contributed by atoms with E-state index in [2.05, 4.69) is 16.0 Å². The minimum absolute atomic E-state index is 0.100. The van der Waals surface area contributed by atoms with Gasteiger partial charge in [-0.15, -0.1) is 0 Å². The Morgan fingerprint density at radius 3 is 2.29 bits per heavy atom. The SMILES string of the molecule is CC(=O)NCCNC(=O)NCc1ccccc1. The van der Waals surface area contributed by atoms with Crippen LogP contribution in [-0.4, -0.2) is 25.0 Å². The molecule has 0 saturated carbocycles. The molecule has 0 aliphatic rings. The van der Waals surface area contributed by atoms with Crippen LogP contribution in [0.15, 0.2) is 30.3 Å². The van der Waals surface area contributed by atoms with Crippen molar-refractivity contribution in [2.45, 2.75) is 13.5 Å². The highest BCUT2D eigenvalue weighted by Crippen LogP contribution is 1.96. The second kappa shape index (κ2) is 7.27. The Morgan fingerprint density at radius 1 is 1.00 bits per heavy atom. The highest BCUT2D eigenvalue weighted by Gasteiger charge is 1.99. The third-order valence-corrected chi connectivity index (χ3v) is 2.08. The normalized spacial score (nSPS) is 9.47. The summed E-state index contributed by atoms with van der Waals surface area (Å²) in [6.45, 7) is 2.79. The molecule has 0 heterocycles. The molecule has 5 heteroatoms. The summed E-state index contributed by atoms with van der Waals surface area (Å²) in [5.74, 6) is -0.100. The Balaban J connectivity index is 2.11. The maximum absolute atomic E-state index is 11.3. The maximum Gasteiger partial charge on any atom is 0.315 e. The van der Waals surface area contributed by atoms with Crippen LogP contribution in [-0.2, 0) is 11.3 Å². The van der Waals surface area contributed by atoms with Crippen LogP contribution in [0.2, 0.25) is 0 Å². The van der Waals surface area contributed by atoms with E-state index in [1.807, 2.05) is 30.3 Å². The molecule has 0 aromatic heterocycles. The smallest absolute Gasteiger partial charge is 0.315 e. The quantitative estimate of drug-likeness (QED) is 0.655. The third kappa shape index (κ3) is 6.19. The second-order valence-electron chi connectivity index (χ2n) is 3.58. The number of amides is 3. The van der Waals surface area contributed by atoms with E-state index in [-0.39, 0.29) is 11.9 Å². The van der Waals surface area contributed by atoms with E-state index in [1.54, 1.807) is 0 Å². The van der Waals surface area contributed by atoms with Crippen molar-refractivity contribution in [2.24, 2.45) is 0 Å². The minimum atomic E-state index is -0.237. The van der Waals surface area contributed by atoms with E-state index in [0.29, 0.717) is 19.6 Å². The van der Waals surface area contributed by atoms with Crippen molar-refractivity contribution in [2.75, 3.05) is 13.1 Å². The largest absolute Gasteiger partial charge is 0.355 e. The van der Waals surface area contributed by atoms with Crippen LogP contribution in [0.5, 0.6) is 0 Å². The number of hydrogen-bond donors (Lipinski definition) is 3. The molecule has 0 atom stereocenters. The molecule has 1 rings (SSSR count). The zero-order valence-electron chi connectivity index (χ0n) is 9.82. The predicted molar refractivity (Wildman–Crippen MR) is 65.4 cm³/mol. The number of urea groups is 1. The summed E-state index contributed by atoms with van der Waals surface area (Å²) in [6, 6.07) is 9.42. The lowest BCUT2D eigenvalue weighted by atomic mass is 10.2. The average Bonchev–Trinajstić information content (AvgIpc) is 2.33. The van der Waals surface area contributed by atoms with Crippen molar-refractivity contribution in [3.63, 3.8) is 0 Å². The van der Waals surface area contributed by atoms with Crippen molar-refractivity contribution >= 4 is 11.9 Å². The molecule has 3 amide bonds. The lowest BCUT2D eigenvalue weighted by molar-refractivity contribution is -0.118. The number of nitrogens with one attached hydrogen (secondary N) is 3. The molecule has 0 spiro atoms. The van der Waals surface area contributed by atoms with Gasteiger partial charge in [-0.1, -0.05) is 30.3 Å². The molecule has 0 fully saturated rings. The van der Waals surface area contributed by atoms with Crippen LogP contribution in [0.25, 0.3) is 0 Å². The fraction of sp³-hybridized carbons (Fsp3) is 0.333. The molecular formula is C12H17N3O2. The fourth-order valence-electron chi connectivity index (χ4n) is 1.26. The van der Waals surface area contributed by atoms with Gasteiger partial charge in [0.05, 0.1) is 0 Å². The molecule has 0 unspecified atom stereocenters. The lowest BCUT2D eigenvalue weighted by Gasteiger charge is -2.07. The van der Waals surface area contributed by atoms with Gasteiger partial charge in [-0.25, -0.2) is 4.79 Å². The van der Waals surface area contributed by atoms with Gasteiger partial charge in [0.1, 0.15) is 0 Å². The molecule has 1 aromatic rings. The summed E-state index contributed by atoms with van der Waals surface area (Å²) in [5.41, 5.74) is 1.05. The molecule has 17 heavy (non-hydrogen) atoms. The third-order valence-electron chi connectivity index (χ3n) is 2.08. The molecule has 1 aromatic carbocycles. The standard InChI is InChI=1S/C12H17N3O2/c1-10(16)13-7-8-14-12(17)15-9-11-5-3-2-4-6-11/h2-6H,7-9H2,1H3,(H,13,16)(H2,14,15,17). The molecule has 0 aliphatic heterocycles. The molecule has 5 nitrogen and oxygen atoms in total. The van der Waals surface area contributed by atoms with E-state index < -0.39 is 0 Å². The van der Waals surface area contributed by atoms with E-state index in [4.69, 9.17) is 0 Å². The molecule has 0 saturated heterocycles. The minimum Gasteiger partial charge on any atom is -0.355 e. The van der Waals surface area contributed by atoms with Crippen LogP contribution >= 0.6 is 0 Å². The van der Waals surface area contributed by atoms with Gasteiger partial charge in [0, 0.05) is 26.6 Å². The van der Waals surface area contributed by atoms with Crippen molar-refractivity contribution in [3.8, 4) is 0 Å². The number of hydrogen-bond acceptors (Lipinski definition) is 2. The van der Waals surface area contributed by atoms with Crippen LogP contribution in [0.1, 0.15) is 12.5 Å². The summed E-state index contributed by atoms with van der Waals surface area (Å²) >= 11 is 0. The van der Waals surface area contributed by atoms with Crippen LogP contribution in [0.4, 0.5) is 4.79 Å². The zero-order valence-corrected chi connectivity index (χ0v) is 9.82. The molecule has 0 bridgehead atoms. The average molecular weight is 235 g/mol. The number of benzene rings is 1. The number of carbonyl (C=O) groups is 2. The highest BCUT2D eigenvalue weighted by atomic mass is 16.2. The van der Waals surface area contributed by atoms with E-state index in [1.165, 1.54) is 6.92 Å². The molecule has 0 aliphatic carbocycles. The Hall–Kier alpha value is -2.04. The maximum atomic E-state index is 11.3. The molecular weight excluding hydrogens is 218 g/mol. The first kappa shape index (κ1) is 13.0. The summed E-state index contributed by atoms with van der Waals surface area (Å²) < 4.78 is 0. The van der Waals surface area contributed by atoms with Crippen LogP contribution in [0.3, 0.4) is 0 Å². The summed E-state index contributed by atoms with van der Waals surface area (Å²) in [4.78, 5) is 21.9. The van der Waals surface area contributed by atoms with Crippen LogP contribution in [0, 0.1) is 0 Å². The van der Waals surface area contributed by atoms with E-state index in [9.17, 15) is 9.59 Å². The van der Waals surface area contributed by atoms with Gasteiger partial charge in [0.25, 0.3) is 0 Å². The van der Waals surface area contributed by atoms with Crippen molar-refractivity contribution in [3.05, 3.63) is 35.9 Å². The summed E-state index contributed by atoms with van der Waals surface area (Å²) in [6.07, 6.45) is 0. The summed E-state index contributed by atoms with van der Waals surface area (Å²) in [7, 11) is 0. The Labute approximate surface area is 101 Å². The topological polar surface area (TPSA) is 70.2 Å². The zero-order chi connectivity index (χ0) is 12.5. The first-order chi connectivity index (χ1) is 8.18. The Kier molecular flexibility index (Phi) is 5.57. The van der Waals surface area contributed by atoms with Gasteiger partial charge < -0.3 is 16.0 Å². The predicted octanol–water partition coefficient (Wildman–Crippen LogP) is 0.622. The molecule has 92 valence electrons. The monoisotopic (exact) mass is 235 g/mol. The number of carbonyl (C=O) groups excluding carboxylic acids is 2. The van der Waals surface area contributed by atoms with Gasteiger partial charge in [-0.3, -0.25) is 4.79 Å². The van der Waals surface area contributed by atoms with Crippen LogP contribution < -0.4 is 16.0 Å². The van der Waals surface area contributed by atoms with Crippen molar-refractivity contribution in [1.82, 2.24) is 16.0 Å². The van der Waals surface area contributed by atoms with Gasteiger partial charge >= 0.3 is 6.03 Å². The highest BCUT2D eigenvalue weighted by molar-refractivity contribution is 5.74. The Bertz CT molecular complexity index is 365. The molecule has 3 N–H and O–H groups in total. The summed E-state index contributed by atoms with van der Waals surface area (Å²) in [5, 5.41) is 7.96. The second-order valence-corrected chi connectivity index (χ2v) is 3.58. The fourth-order valence-corrected chi connectivity index (χ4v) is 1.26. The van der Waals surface area contributed by atoms with Gasteiger partial charge in [0.15, 0.2) is 0 Å². The van der Waals surface area contributed by atoms with E-state index in [0.717, 1.165) is 5.56 Å². The van der Waals surface area contributed by atoms with Crippen molar-refractivity contribution < 1.29 is 9.59 Å². The number of rotatable bonds is 5. The lowest BCUT2D eigenvalue weighted by Crippen LogP contribution is -2.39. The van der Waals surface area contributed by atoms with Gasteiger partial charge in [-0.05, 0) is 5.56 Å². The van der Waals surface area contributed by atoms with E-state index >= 15 is 0 Å². The molecule has 0 radical (unpaired) electrons. The van der Waals surface area contributed by atoms with Crippen molar-refractivity contribution in [1.29, 1.82) is 0 Å². The Morgan fingerprint density at radius 2 is 1.65 bits per heavy atom. The first-order valence-electron chi connectivity index (χ1n) is 5.48.